The van der Waals surface area contributed by atoms with Crippen molar-refractivity contribution in [3.05, 3.63) is 48.4 Å². The maximum atomic E-state index is 12.8. The van der Waals surface area contributed by atoms with Crippen molar-refractivity contribution in [1.29, 1.82) is 0 Å². The minimum absolute atomic E-state index is 0.0314. The summed E-state index contributed by atoms with van der Waals surface area (Å²) in [5, 5.41) is 17.4. The number of aliphatic hydroxyl groups is 1. The molecule has 182 valence electrons. The second-order valence-electron chi connectivity index (χ2n) is 9.72. The van der Waals surface area contributed by atoms with E-state index in [0.717, 1.165) is 22.2 Å². The quantitative estimate of drug-likeness (QED) is 0.406. The van der Waals surface area contributed by atoms with E-state index in [9.17, 15) is 9.90 Å². The molecule has 4 aromatic rings. The van der Waals surface area contributed by atoms with E-state index in [0.29, 0.717) is 35.8 Å². The molecule has 0 radical (unpaired) electrons. The fourth-order valence-electron chi connectivity index (χ4n) is 4.32. The highest BCUT2D eigenvalue weighted by Gasteiger charge is 2.34. The standard InChI is InChI=1S/C25H29N7O3/c1-25(2,3)35-16-12-32(13-16)24(34)28-20-7-5-6-17(19(20)14-33)18-8-9-26-23-21(18)29-22(30-23)15-10-27-31(4)11-15/h5-11,16,33H,12-14H2,1-4H3,(H,28,34)(H,26,29,30). The van der Waals surface area contributed by atoms with E-state index in [1.165, 1.54) is 0 Å². The van der Waals surface area contributed by atoms with Gasteiger partial charge in [0.25, 0.3) is 0 Å². The van der Waals surface area contributed by atoms with Gasteiger partial charge in [-0.1, -0.05) is 12.1 Å². The van der Waals surface area contributed by atoms with Crippen LogP contribution in [0.3, 0.4) is 0 Å². The van der Waals surface area contributed by atoms with Crippen molar-refractivity contribution in [2.24, 2.45) is 7.05 Å². The molecule has 3 aromatic heterocycles. The minimum atomic E-state index is -0.245. The number of nitrogens with one attached hydrogen (secondary N) is 2. The molecule has 0 aliphatic carbocycles. The largest absolute Gasteiger partial charge is 0.392 e. The van der Waals surface area contributed by atoms with E-state index >= 15 is 0 Å². The highest BCUT2D eigenvalue weighted by molar-refractivity contribution is 5.96. The maximum Gasteiger partial charge on any atom is 0.322 e. The van der Waals surface area contributed by atoms with Crippen LogP contribution in [0.15, 0.2) is 42.9 Å². The van der Waals surface area contributed by atoms with Gasteiger partial charge in [-0.2, -0.15) is 5.10 Å². The normalized spacial score (nSPS) is 14.4. The van der Waals surface area contributed by atoms with Crippen molar-refractivity contribution in [2.75, 3.05) is 18.4 Å². The van der Waals surface area contributed by atoms with Crippen LogP contribution in [0.1, 0.15) is 26.3 Å². The molecule has 10 heteroatoms. The number of aromatic nitrogens is 5. The molecule has 1 saturated heterocycles. The Labute approximate surface area is 203 Å². The Balaban J connectivity index is 1.42. The van der Waals surface area contributed by atoms with Crippen molar-refractivity contribution >= 4 is 22.9 Å². The van der Waals surface area contributed by atoms with Gasteiger partial charge in [0.05, 0.1) is 48.7 Å². The van der Waals surface area contributed by atoms with E-state index in [-0.39, 0.29) is 24.3 Å². The first-order valence-electron chi connectivity index (χ1n) is 11.5. The Morgan fingerprint density at radius 3 is 2.74 bits per heavy atom. The van der Waals surface area contributed by atoms with Gasteiger partial charge in [-0.25, -0.2) is 14.8 Å². The first-order chi connectivity index (χ1) is 16.7. The van der Waals surface area contributed by atoms with Crippen molar-refractivity contribution in [2.45, 2.75) is 39.1 Å². The van der Waals surface area contributed by atoms with Gasteiger partial charge in [0.2, 0.25) is 0 Å². The minimum Gasteiger partial charge on any atom is -0.392 e. The molecule has 1 aromatic carbocycles. The molecular formula is C25H29N7O3. The number of H-pyrrole nitrogens is 1. The molecule has 5 rings (SSSR count). The van der Waals surface area contributed by atoms with Gasteiger partial charge in [0.15, 0.2) is 5.65 Å². The fraction of sp³-hybridized carbons (Fsp3) is 0.360. The number of benzene rings is 1. The molecule has 1 fully saturated rings. The molecule has 3 N–H and O–H groups in total. The highest BCUT2D eigenvalue weighted by atomic mass is 16.5. The number of fused-ring (bicyclic) bond motifs is 1. The van der Waals surface area contributed by atoms with Crippen LogP contribution in [0.25, 0.3) is 33.7 Å². The van der Waals surface area contributed by atoms with Gasteiger partial charge in [0, 0.05) is 36.3 Å². The third kappa shape index (κ3) is 4.62. The van der Waals surface area contributed by atoms with Crippen LogP contribution in [-0.4, -0.2) is 65.6 Å². The van der Waals surface area contributed by atoms with Crippen molar-refractivity contribution in [3.8, 4) is 22.5 Å². The number of carbonyl (C=O) groups is 1. The summed E-state index contributed by atoms with van der Waals surface area (Å²) in [5.74, 6) is 0.660. The van der Waals surface area contributed by atoms with Gasteiger partial charge >= 0.3 is 6.03 Å². The number of hydrogen-bond donors (Lipinski definition) is 3. The summed E-state index contributed by atoms with van der Waals surface area (Å²) in [7, 11) is 1.85. The van der Waals surface area contributed by atoms with Gasteiger partial charge in [-0.15, -0.1) is 0 Å². The Hall–Kier alpha value is -3.76. The third-order valence-electron chi connectivity index (χ3n) is 5.89. The summed E-state index contributed by atoms with van der Waals surface area (Å²) in [6.45, 7) is 6.84. The Bertz CT molecular complexity index is 1380. The predicted molar refractivity (Wildman–Crippen MR) is 133 cm³/mol. The van der Waals surface area contributed by atoms with E-state index in [1.54, 1.807) is 28.0 Å². The molecule has 1 aliphatic heterocycles. The number of hydrogen-bond acceptors (Lipinski definition) is 6. The lowest BCUT2D eigenvalue weighted by Gasteiger charge is -2.42. The summed E-state index contributed by atoms with van der Waals surface area (Å²) in [5.41, 5.74) is 4.71. The average Bonchev–Trinajstić information content (AvgIpc) is 3.41. The average molecular weight is 476 g/mol. The van der Waals surface area contributed by atoms with Crippen LogP contribution in [0.5, 0.6) is 0 Å². The van der Waals surface area contributed by atoms with Crippen molar-refractivity contribution in [1.82, 2.24) is 29.6 Å². The number of amides is 2. The topological polar surface area (TPSA) is 121 Å². The molecule has 10 nitrogen and oxygen atoms in total. The molecule has 0 spiro atoms. The number of carbonyl (C=O) groups excluding carboxylic acids is 1. The SMILES string of the molecule is Cn1cc(-c2nc3nccc(-c4cccc(NC(=O)N5CC(OC(C)(C)C)C5)c4CO)c3[nH]2)cn1. The monoisotopic (exact) mass is 475 g/mol. The fourth-order valence-corrected chi connectivity index (χ4v) is 4.32. The van der Waals surface area contributed by atoms with E-state index in [1.807, 2.05) is 52.2 Å². The number of rotatable bonds is 5. The van der Waals surface area contributed by atoms with Gasteiger partial charge in [0.1, 0.15) is 5.82 Å². The first-order valence-corrected chi connectivity index (χ1v) is 11.5. The number of urea groups is 1. The molecule has 0 unspecified atom stereocenters. The second-order valence-corrected chi connectivity index (χ2v) is 9.72. The zero-order valence-corrected chi connectivity index (χ0v) is 20.2. The summed E-state index contributed by atoms with van der Waals surface area (Å²) < 4.78 is 7.63. The smallest absolute Gasteiger partial charge is 0.322 e. The lowest BCUT2D eigenvalue weighted by atomic mass is 9.98. The number of aliphatic hydroxyl groups excluding tert-OH is 1. The van der Waals surface area contributed by atoms with Gasteiger partial charge in [-0.3, -0.25) is 4.68 Å². The van der Waals surface area contributed by atoms with Gasteiger partial charge in [-0.05, 0) is 38.5 Å². The van der Waals surface area contributed by atoms with Crippen LogP contribution >= 0.6 is 0 Å². The van der Waals surface area contributed by atoms with Gasteiger partial charge < -0.3 is 25.0 Å². The molecule has 0 atom stereocenters. The molecule has 1 aliphatic rings. The number of ether oxygens (including phenoxy) is 1. The Morgan fingerprint density at radius 2 is 2.06 bits per heavy atom. The van der Waals surface area contributed by atoms with Crippen LogP contribution in [-0.2, 0) is 18.4 Å². The number of anilines is 1. The third-order valence-corrected chi connectivity index (χ3v) is 5.89. The number of pyridine rings is 1. The molecule has 0 saturated carbocycles. The van der Waals surface area contributed by atoms with Crippen LogP contribution in [0.2, 0.25) is 0 Å². The molecule has 0 bridgehead atoms. The van der Waals surface area contributed by atoms with Crippen LogP contribution < -0.4 is 5.32 Å². The van der Waals surface area contributed by atoms with E-state index in [2.05, 4.69) is 25.4 Å². The summed E-state index contributed by atoms with van der Waals surface area (Å²) in [6, 6.07) is 7.22. The van der Waals surface area contributed by atoms with E-state index < -0.39 is 0 Å². The molecular weight excluding hydrogens is 446 g/mol. The molecule has 35 heavy (non-hydrogen) atoms. The van der Waals surface area contributed by atoms with Crippen LogP contribution in [0, 0.1) is 0 Å². The summed E-state index contributed by atoms with van der Waals surface area (Å²) in [4.78, 5) is 26.9. The Kier molecular flexibility index (Phi) is 5.78. The van der Waals surface area contributed by atoms with Crippen molar-refractivity contribution < 1.29 is 14.6 Å². The number of aromatic amines is 1. The zero-order chi connectivity index (χ0) is 24.7. The van der Waals surface area contributed by atoms with Crippen molar-refractivity contribution in [3.63, 3.8) is 0 Å². The predicted octanol–water partition coefficient (Wildman–Crippen LogP) is 3.55. The van der Waals surface area contributed by atoms with E-state index in [4.69, 9.17) is 4.74 Å². The highest BCUT2D eigenvalue weighted by Crippen LogP contribution is 2.34. The van der Waals surface area contributed by atoms with Crippen LogP contribution in [0.4, 0.5) is 10.5 Å². The number of nitrogens with zero attached hydrogens (tertiary/aromatic N) is 5. The second kappa shape index (κ2) is 8.79. The first kappa shape index (κ1) is 23.0. The lowest BCUT2D eigenvalue weighted by Crippen LogP contribution is -2.57. The summed E-state index contributed by atoms with van der Waals surface area (Å²) in [6.07, 6.45) is 5.33. The number of imidazole rings is 1. The zero-order valence-electron chi connectivity index (χ0n) is 20.2. The number of likely N-dealkylation sites (tertiary alicyclic amines) is 1. The maximum absolute atomic E-state index is 12.8. The molecule has 2 amide bonds. The lowest BCUT2D eigenvalue weighted by molar-refractivity contribution is -0.110. The molecule has 4 heterocycles. The number of aryl methyl sites for hydroxylation is 1. The summed E-state index contributed by atoms with van der Waals surface area (Å²) >= 11 is 0. The Morgan fingerprint density at radius 1 is 1.26 bits per heavy atom.